The number of rotatable bonds is 5. The number of nitrogens with one attached hydrogen (secondary N) is 2. The van der Waals surface area contributed by atoms with Crippen molar-refractivity contribution in [1.82, 2.24) is 5.32 Å². The van der Waals surface area contributed by atoms with Gasteiger partial charge in [0.05, 0.1) is 17.1 Å². The lowest BCUT2D eigenvalue weighted by Gasteiger charge is -2.12. The van der Waals surface area contributed by atoms with Crippen LogP contribution in [-0.2, 0) is 17.6 Å². The van der Waals surface area contributed by atoms with Crippen molar-refractivity contribution >= 4 is 39.1 Å². The molecule has 33 heavy (non-hydrogen) atoms. The van der Waals surface area contributed by atoms with E-state index in [4.69, 9.17) is 9.15 Å². The van der Waals surface area contributed by atoms with Gasteiger partial charge in [0.1, 0.15) is 10.6 Å². The molecule has 8 heteroatoms. The van der Waals surface area contributed by atoms with Crippen molar-refractivity contribution in [1.29, 1.82) is 0 Å². The number of hydrogen-bond acceptors (Lipinski definition) is 6. The molecular weight excluding hydrogens is 440 g/mol. The van der Waals surface area contributed by atoms with Crippen LogP contribution in [0.2, 0.25) is 0 Å². The van der Waals surface area contributed by atoms with Crippen molar-refractivity contribution in [3.05, 3.63) is 61.3 Å². The molecule has 2 amide bonds. The van der Waals surface area contributed by atoms with Crippen LogP contribution in [0.1, 0.15) is 61.7 Å². The van der Waals surface area contributed by atoms with E-state index in [-0.39, 0.29) is 23.2 Å². The summed E-state index contributed by atoms with van der Waals surface area (Å²) in [5.41, 5.74) is 3.59. The minimum Gasteiger partial charge on any atom is -0.451 e. The van der Waals surface area contributed by atoms with Gasteiger partial charge in [-0.1, -0.05) is 0 Å². The smallest absolute Gasteiger partial charge is 0.292 e. The molecule has 1 saturated heterocycles. The maximum Gasteiger partial charge on any atom is 0.292 e. The molecule has 0 spiro atoms. The average Bonchev–Trinajstić information content (AvgIpc) is 3.51. The molecule has 7 nitrogen and oxygen atoms in total. The zero-order valence-corrected chi connectivity index (χ0v) is 19.5. The van der Waals surface area contributed by atoms with Crippen LogP contribution in [0.4, 0.5) is 5.00 Å². The van der Waals surface area contributed by atoms with Gasteiger partial charge in [0, 0.05) is 24.1 Å². The fourth-order valence-corrected chi connectivity index (χ4v) is 5.80. The number of carbonyl (C=O) groups is 2. The summed E-state index contributed by atoms with van der Waals surface area (Å²) in [6.45, 7) is 5.04. The van der Waals surface area contributed by atoms with Gasteiger partial charge in [-0.25, -0.2) is 0 Å². The van der Waals surface area contributed by atoms with Crippen molar-refractivity contribution in [2.24, 2.45) is 0 Å². The number of hydrogen-bond donors (Lipinski definition) is 2. The van der Waals surface area contributed by atoms with Gasteiger partial charge in [-0.3, -0.25) is 14.4 Å². The van der Waals surface area contributed by atoms with E-state index >= 15 is 0 Å². The van der Waals surface area contributed by atoms with E-state index in [9.17, 15) is 14.4 Å². The van der Waals surface area contributed by atoms with E-state index in [2.05, 4.69) is 10.6 Å². The molecule has 172 valence electrons. The number of fused-ring (bicyclic) bond motifs is 2. The lowest BCUT2D eigenvalue weighted by Crippen LogP contribution is -2.32. The van der Waals surface area contributed by atoms with Gasteiger partial charge >= 0.3 is 0 Å². The monoisotopic (exact) mass is 466 g/mol. The van der Waals surface area contributed by atoms with Gasteiger partial charge in [0.25, 0.3) is 11.8 Å². The summed E-state index contributed by atoms with van der Waals surface area (Å²) in [5.74, 6) is -0.818. The zero-order chi connectivity index (χ0) is 23.1. The molecule has 2 N–H and O–H groups in total. The summed E-state index contributed by atoms with van der Waals surface area (Å²) in [7, 11) is 0. The Labute approximate surface area is 195 Å². The maximum absolute atomic E-state index is 13.1. The third-order valence-corrected chi connectivity index (χ3v) is 7.66. The Morgan fingerprint density at radius 3 is 2.70 bits per heavy atom. The van der Waals surface area contributed by atoms with Crippen molar-refractivity contribution < 1.29 is 18.7 Å². The van der Waals surface area contributed by atoms with E-state index in [0.29, 0.717) is 28.1 Å². The molecule has 0 bridgehead atoms. The Morgan fingerprint density at radius 1 is 1.09 bits per heavy atom. The highest BCUT2D eigenvalue weighted by Gasteiger charge is 2.29. The lowest BCUT2D eigenvalue weighted by atomic mass is 10.1. The van der Waals surface area contributed by atoms with E-state index in [1.165, 1.54) is 17.4 Å². The average molecular weight is 467 g/mol. The Bertz CT molecular complexity index is 1320. The Balaban J connectivity index is 1.42. The van der Waals surface area contributed by atoms with Crippen molar-refractivity contribution in [3.63, 3.8) is 0 Å². The van der Waals surface area contributed by atoms with Crippen LogP contribution in [0.3, 0.4) is 0 Å². The summed E-state index contributed by atoms with van der Waals surface area (Å²) in [6, 6.07) is 4.76. The second-order valence-corrected chi connectivity index (χ2v) is 9.87. The molecule has 0 radical (unpaired) electrons. The number of carbonyl (C=O) groups excluding carboxylic acids is 2. The van der Waals surface area contributed by atoms with Gasteiger partial charge in [-0.2, -0.15) is 0 Å². The molecule has 1 fully saturated rings. The van der Waals surface area contributed by atoms with Crippen molar-refractivity contribution in [2.45, 2.75) is 52.1 Å². The van der Waals surface area contributed by atoms with E-state index in [0.717, 1.165) is 60.3 Å². The largest absolute Gasteiger partial charge is 0.451 e. The fourth-order valence-electron chi connectivity index (χ4n) is 4.52. The summed E-state index contributed by atoms with van der Waals surface area (Å²) in [4.78, 5) is 39.8. The quantitative estimate of drug-likeness (QED) is 0.590. The number of anilines is 1. The normalized spacial score (nSPS) is 17.3. The number of amides is 2. The molecule has 1 aliphatic heterocycles. The first-order valence-corrected chi connectivity index (χ1v) is 12.1. The topological polar surface area (TPSA) is 97.6 Å². The molecule has 3 aromatic rings. The molecule has 3 heterocycles. The summed E-state index contributed by atoms with van der Waals surface area (Å²) in [6.07, 6.45) is 4.69. The van der Waals surface area contributed by atoms with E-state index < -0.39 is 5.91 Å². The van der Waals surface area contributed by atoms with Crippen LogP contribution < -0.4 is 16.1 Å². The number of benzene rings is 1. The summed E-state index contributed by atoms with van der Waals surface area (Å²) in [5, 5.41) is 6.75. The predicted molar refractivity (Wildman–Crippen MR) is 128 cm³/mol. The first-order valence-electron chi connectivity index (χ1n) is 11.3. The SMILES string of the molecule is Cc1cc2oc(C(=O)Nc3sc4c(c3C(=O)NC[C@H]3CCCO3)CCC4)cc(=O)c2cc1C. The molecule has 5 rings (SSSR count). The summed E-state index contributed by atoms with van der Waals surface area (Å²) < 4.78 is 11.4. The van der Waals surface area contributed by atoms with Crippen LogP contribution in [0.25, 0.3) is 11.0 Å². The van der Waals surface area contributed by atoms with E-state index in [1.807, 2.05) is 13.8 Å². The highest BCUT2D eigenvalue weighted by atomic mass is 32.1. The highest BCUT2D eigenvalue weighted by Crippen LogP contribution is 2.39. The van der Waals surface area contributed by atoms with Crippen LogP contribution in [0.5, 0.6) is 0 Å². The maximum atomic E-state index is 13.1. The first kappa shape index (κ1) is 21.9. The second kappa shape index (κ2) is 8.76. The van der Waals surface area contributed by atoms with Crippen molar-refractivity contribution in [2.75, 3.05) is 18.5 Å². The van der Waals surface area contributed by atoms with Crippen LogP contribution in [0, 0.1) is 13.8 Å². The summed E-state index contributed by atoms with van der Waals surface area (Å²) >= 11 is 1.43. The van der Waals surface area contributed by atoms with E-state index in [1.54, 1.807) is 12.1 Å². The molecule has 0 unspecified atom stereocenters. The number of ether oxygens (including phenoxy) is 1. The van der Waals surface area contributed by atoms with Gasteiger partial charge < -0.3 is 19.8 Å². The minimum absolute atomic E-state index is 0.0395. The Morgan fingerprint density at radius 2 is 1.91 bits per heavy atom. The molecular formula is C25H26N2O5S. The Kier molecular flexibility index (Phi) is 5.80. The third-order valence-electron chi connectivity index (χ3n) is 6.46. The van der Waals surface area contributed by atoms with Gasteiger partial charge in [-0.05, 0) is 74.8 Å². The Hall–Kier alpha value is -2.97. The fraction of sp³-hybridized carbons (Fsp3) is 0.400. The molecule has 2 aliphatic rings. The van der Waals surface area contributed by atoms with Gasteiger partial charge in [0.2, 0.25) is 0 Å². The van der Waals surface area contributed by atoms with Crippen LogP contribution in [0.15, 0.2) is 27.4 Å². The van der Waals surface area contributed by atoms with Gasteiger partial charge in [0.15, 0.2) is 11.2 Å². The zero-order valence-electron chi connectivity index (χ0n) is 18.7. The highest BCUT2D eigenvalue weighted by molar-refractivity contribution is 7.17. The molecule has 2 aromatic heterocycles. The molecule has 1 atom stereocenters. The first-order chi connectivity index (χ1) is 15.9. The van der Waals surface area contributed by atoms with Crippen LogP contribution >= 0.6 is 11.3 Å². The molecule has 1 aromatic carbocycles. The lowest BCUT2D eigenvalue weighted by molar-refractivity contribution is 0.0858. The van der Waals surface area contributed by atoms with Crippen LogP contribution in [-0.4, -0.2) is 31.1 Å². The number of thiophene rings is 1. The van der Waals surface area contributed by atoms with Crippen molar-refractivity contribution in [3.8, 4) is 0 Å². The predicted octanol–water partition coefficient (Wildman–Crippen LogP) is 4.12. The third kappa shape index (κ3) is 4.20. The standard InChI is InChI=1S/C25H26N2O5S/c1-13-9-17-18(28)11-20(32-19(17)10-14(13)2)23(29)27-25-22(16-6-3-7-21(16)33-25)24(30)26-12-15-5-4-8-31-15/h9-11,15H,3-8,12H2,1-2H3,(H,26,30)(H,27,29)/t15-/m1/s1. The molecule has 1 aliphatic carbocycles. The second-order valence-electron chi connectivity index (χ2n) is 8.77. The van der Waals surface area contributed by atoms with Gasteiger partial charge in [-0.15, -0.1) is 11.3 Å². The molecule has 0 saturated carbocycles. The number of aryl methyl sites for hydroxylation is 3. The minimum atomic E-state index is -0.541.